The third-order valence-corrected chi connectivity index (χ3v) is 3.44. The van der Waals surface area contributed by atoms with Gasteiger partial charge in [-0.3, -0.25) is 4.79 Å². The lowest BCUT2D eigenvalue weighted by molar-refractivity contribution is -0.144. The van der Waals surface area contributed by atoms with Crippen LogP contribution in [0.3, 0.4) is 0 Å². The van der Waals surface area contributed by atoms with Crippen LogP contribution in [0, 0.1) is 0 Å². The predicted molar refractivity (Wildman–Crippen MR) is 82.9 cm³/mol. The van der Waals surface area contributed by atoms with Crippen LogP contribution in [0.2, 0.25) is 0 Å². The summed E-state index contributed by atoms with van der Waals surface area (Å²) in [5.41, 5.74) is 1.11. The number of benzene rings is 1. The van der Waals surface area contributed by atoms with Crippen molar-refractivity contribution in [1.29, 1.82) is 0 Å². The zero-order valence-corrected chi connectivity index (χ0v) is 13.2. The van der Waals surface area contributed by atoms with Crippen LogP contribution in [0.15, 0.2) is 30.3 Å². The number of aliphatic carboxylic acids is 1. The van der Waals surface area contributed by atoms with Crippen molar-refractivity contribution in [3.63, 3.8) is 0 Å². The molecule has 0 fully saturated rings. The van der Waals surface area contributed by atoms with Crippen LogP contribution in [0.5, 0.6) is 0 Å². The zero-order valence-electron chi connectivity index (χ0n) is 13.2. The van der Waals surface area contributed by atoms with E-state index in [1.165, 1.54) is 11.6 Å². The largest absolute Gasteiger partial charge is 0.480 e. The van der Waals surface area contributed by atoms with Gasteiger partial charge in [-0.1, -0.05) is 30.3 Å². The Morgan fingerprint density at radius 3 is 2.62 bits per heavy atom. The number of aromatic nitrogens is 4. The molecule has 1 heterocycles. The number of tetrazole rings is 1. The van der Waals surface area contributed by atoms with E-state index in [-0.39, 0.29) is 6.42 Å². The molecule has 0 spiro atoms. The SMILES string of the molecule is CC(O)C(NC(=O)Cc1nnnn1CCc1ccccc1)C(=O)O. The van der Waals surface area contributed by atoms with E-state index in [0.717, 1.165) is 5.56 Å². The molecule has 1 aromatic carbocycles. The lowest BCUT2D eigenvalue weighted by atomic mass is 10.1. The first-order valence-electron chi connectivity index (χ1n) is 7.46. The van der Waals surface area contributed by atoms with Gasteiger partial charge in [-0.05, 0) is 29.3 Å². The Hall–Kier alpha value is -2.81. The summed E-state index contributed by atoms with van der Waals surface area (Å²) in [6.07, 6.45) is -0.676. The minimum absolute atomic E-state index is 0.168. The number of aliphatic hydroxyl groups excluding tert-OH is 1. The lowest BCUT2D eigenvalue weighted by Gasteiger charge is -2.16. The second-order valence-electron chi connectivity index (χ2n) is 5.35. The smallest absolute Gasteiger partial charge is 0.328 e. The minimum Gasteiger partial charge on any atom is -0.480 e. The van der Waals surface area contributed by atoms with E-state index < -0.39 is 24.0 Å². The Labute approximate surface area is 138 Å². The van der Waals surface area contributed by atoms with Gasteiger partial charge in [0.05, 0.1) is 12.5 Å². The maximum absolute atomic E-state index is 12.0. The molecule has 1 aromatic heterocycles. The molecule has 128 valence electrons. The van der Waals surface area contributed by atoms with Crippen LogP contribution in [0.1, 0.15) is 18.3 Å². The van der Waals surface area contributed by atoms with E-state index in [2.05, 4.69) is 20.8 Å². The molecule has 2 atom stereocenters. The normalized spacial score (nSPS) is 13.2. The van der Waals surface area contributed by atoms with Gasteiger partial charge >= 0.3 is 5.97 Å². The molecule has 0 radical (unpaired) electrons. The highest BCUT2D eigenvalue weighted by molar-refractivity contribution is 5.84. The number of carboxylic acid groups (broad SMARTS) is 1. The Morgan fingerprint density at radius 1 is 1.29 bits per heavy atom. The molecule has 24 heavy (non-hydrogen) atoms. The van der Waals surface area contributed by atoms with Crippen molar-refractivity contribution < 1.29 is 19.8 Å². The van der Waals surface area contributed by atoms with Gasteiger partial charge < -0.3 is 15.5 Å². The molecule has 3 N–H and O–H groups in total. The fourth-order valence-corrected chi connectivity index (χ4v) is 2.16. The Kier molecular flexibility index (Phi) is 5.96. The second-order valence-corrected chi connectivity index (χ2v) is 5.35. The highest BCUT2D eigenvalue weighted by Gasteiger charge is 2.25. The van der Waals surface area contributed by atoms with Crippen molar-refractivity contribution in [2.75, 3.05) is 0 Å². The first kappa shape index (κ1) is 17.5. The van der Waals surface area contributed by atoms with E-state index in [1.807, 2.05) is 30.3 Å². The van der Waals surface area contributed by atoms with Crippen molar-refractivity contribution in [2.24, 2.45) is 0 Å². The molecule has 0 saturated carbocycles. The van der Waals surface area contributed by atoms with E-state index in [9.17, 15) is 14.7 Å². The quantitative estimate of drug-likeness (QED) is 0.588. The number of nitrogens with one attached hydrogen (secondary N) is 1. The standard InChI is InChI=1S/C15H19N5O4/c1-10(21)14(15(23)24)16-13(22)9-12-17-18-19-20(12)8-7-11-5-3-2-4-6-11/h2-6,10,14,21H,7-9H2,1H3,(H,16,22)(H,23,24). The first-order chi connectivity index (χ1) is 11.5. The average molecular weight is 333 g/mol. The summed E-state index contributed by atoms with van der Waals surface area (Å²) >= 11 is 0. The average Bonchev–Trinajstić information content (AvgIpc) is 2.98. The summed E-state index contributed by atoms with van der Waals surface area (Å²) in [6, 6.07) is 8.40. The van der Waals surface area contributed by atoms with Gasteiger partial charge in [-0.15, -0.1) is 5.10 Å². The number of amides is 1. The first-order valence-corrected chi connectivity index (χ1v) is 7.46. The van der Waals surface area contributed by atoms with Gasteiger partial charge in [0.15, 0.2) is 11.9 Å². The van der Waals surface area contributed by atoms with Crippen LogP contribution in [-0.2, 0) is 29.0 Å². The molecule has 0 aliphatic rings. The molecule has 1 amide bonds. The van der Waals surface area contributed by atoms with E-state index >= 15 is 0 Å². The number of rotatable bonds is 8. The predicted octanol–water partition coefficient (Wildman–Crippen LogP) is -0.591. The van der Waals surface area contributed by atoms with Crippen LogP contribution in [0.4, 0.5) is 0 Å². The van der Waals surface area contributed by atoms with Crippen LogP contribution < -0.4 is 5.32 Å². The molecule has 0 aliphatic heterocycles. The molecule has 0 bridgehead atoms. The molecule has 9 nitrogen and oxygen atoms in total. The van der Waals surface area contributed by atoms with Crippen molar-refractivity contribution in [3.05, 3.63) is 41.7 Å². The Balaban J connectivity index is 1.94. The molecule has 2 aromatic rings. The Bertz CT molecular complexity index is 686. The van der Waals surface area contributed by atoms with Crippen molar-refractivity contribution in [2.45, 2.75) is 38.5 Å². The summed E-state index contributed by atoms with van der Waals surface area (Å²) in [7, 11) is 0. The van der Waals surface area contributed by atoms with E-state index in [0.29, 0.717) is 18.8 Å². The number of nitrogens with zero attached hydrogens (tertiary/aromatic N) is 4. The minimum atomic E-state index is -1.37. The molecule has 9 heteroatoms. The number of carboxylic acids is 1. The molecule has 0 aliphatic carbocycles. The monoisotopic (exact) mass is 333 g/mol. The van der Waals surface area contributed by atoms with Crippen LogP contribution in [0.25, 0.3) is 0 Å². The van der Waals surface area contributed by atoms with Gasteiger partial charge in [0.2, 0.25) is 5.91 Å². The highest BCUT2D eigenvalue weighted by atomic mass is 16.4. The van der Waals surface area contributed by atoms with Crippen LogP contribution >= 0.6 is 0 Å². The summed E-state index contributed by atoms with van der Waals surface area (Å²) in [4.78, 5) is 22.9. The topological polar surface area (TPSA) is 130 Å². The highest BCUT2D eigenvalue weighted by Crippen LogP contribution is 2.03. The van der Waals surface area contributed by atoms with Gasteiger partial charge in [0, 0.05) is 6.54 Å². The number of aliphatic hydroxyl groups is 1. The van der Waals surface area contributed by atoms with Gasteiger partial charge in [-0.2, -0.15) is 0 Å². The number of carbonyl (C=O) groups is 2. The number of carbonyl (C=O) groups excluding carboxylic acids is 1. The van der Waals surface area contributed by atoms with Crippen LogP contribution in [-0.4, -0.2) is 54.4 Å². The molecular formula is C15H19N5O4. The Morgan fingerprint density at radius 2 is 2.00 bits per heavy atom. The summed E-state index contributed by atoms with van der Waals surface area (Å²) < 4.78 is 1.50. The molecule has 2 rings (SSSR count). The van der Waals surface area contributed by atoms with E-state index in [4.69, 9.17) is 5.11 Å². The fourth-order valence-electron chi connectivity index (χ4n) is 2.16. The summed E-state index contributed by atoms with van der Waals surface area (Å²) in [5.74, 6) is -1.54. The maximum Gasteiger partial charge on any atom is 0.328 e. The maximum atomic E-state index is 12.0. The lowest BCUT2D eigenvalue weighted by Crippen LogP contribution is -2.48. The molecule has 2 unspecified atom stereocenters. The van der Waals surface area contributed by atoms with Gasteiger partial charge in [0.1, 0.15) is 0 Å². The van der Waals surface area contributed by atoms with Gasteiger partial charge in [-0.25, -0.2) is 9.48 Å². The van der Waals surface area contributed by atoms with Crippen molar-refractivity contribution >= 4 is 11.9 Å². The van der Waals surface area contributed by atoms with Crippen molar-refractivity contribution in [1.82, 2.24) is 25.5 Å². The second kappa shape index (κ2) is 8.16. The summed E-state index contributed by atoms with van der Waals surface area (Å²) in [6.45, 7) is 1.79. The third-order valence-electron chi connectivity index (χ3n) is 3.44. The zero-order chi connectivity index (χ0) is 17.5. The van der Waals surface area contributed by atoms with E-state index in [1.54, 1.807) is 0 Å². The summed E-state index contributed by atoms with van der Waals surface area (Å²) in [5, 5.41) is 31.8. The fraction of sp³-hybridized carbons (Fsp3) is 0.400. The third kappa shape index (κ3) is 4.85. The number of hydrogen-bond donors (Lipinski definition) is 3. The molecule has 0 saturated heterocycles. The van der Waals surface area contributed by atoms with Crippen molar-refractivity contribution in [3.8, 4) is 0 Å². The number of hydrogen-bond acceptors (Lipinski definition) is 6. The number of aryl methyl sites for hydroxylation is 2. The molecular weight excluding hydrogens is 314 g/mol. The van der Waals surface area contributed by atoms with Gasteiger partial charge in [0.25, 0.3) is 0 Å².